The van der Waals surface area contributed by atoms with Crippen molar-refractivity contribution in [3.05, 3.63) is 29.8 Å². The topological polar surface area (TPSA) is 44.0 Å². The number of aliphatic hydroxyl groups is 1. The molecule has 0 spiro atoms. The Morgan fingerprint density at radius 1 is 1.53 bits per heavy atom. The molecule has 1 N–H and O–H groups in total. The number of nitriles is 1. The first-order valence-corrected chi connectivity index (χ1v) is 6.00. The summed E-state index contributed by atoms with van der Waals surface area (Å²) in [7, 11) is 0. The van der Waals surface area contributed by atoms with Gasteiger partial charge >= 0.3 is 0 Å². The number of nitrogens with zero attached hydrogens (tertiary/aromatic N) is 1. The van der Waals surface area contributed by atoms with Crippen LogP contribution in [0.15, 0.2) is 29.2 Å². The maximum atomic E-state index is 9.41. The molecule has 0 saturated carbocycles. The summed E-state index contributed by atoms with van der Waals surface area (Å²) < 4.78 is 0. The summed E-state index contributed by atoms with van der Waals surface area (Å²) in [6.07, 6.45) is 1.12. The normalized spacial score (nSPS) is 12.1. The van der Waals surface area contributed by atoms with Crippen LogP contribution in [-0.4, -0.2) is 10.9 Å². The van der Waals surface area contributed by atoms with Crippen LogP contribution in [0.3, 0.4) is 0 Å². The van der Waals surface area contributed by atoms with Gasteiger partial charge in [0.2, 0.25) is 0 Å². The first-order valence-electron chi connectivity index (χ1n) is 5.02. The monoisotopic (exact) mass is 221 g/mol. The molecule has 1 unspecified atom stereocenters. The molecule has 3 heteroatoms. The second-order valence-electron chi connectivity index (χ2n) is 3.36. The zero-order chi connectivity index (χ0) is 11.1. The van der Waals surface area contributed by atoms with Crippen molar-refractivity contribution in [1.29, 1.82) is 5.26 Å². The Labute approximate surface area is 94.9 Å². The number of benzene rings is 1. The van der Waals surface area contributed by atoms with Crippen LogP contribution < -0.4 is 0 Å². The maximum absolute atomic E-state index is 9.41. The van der Waals surface area contributed by atoms with Crippen LogP contribution in [0.25, 0.3) is 0 Å². The van der Waals surface area contributed by atoms with Crippen molar-refractivity contribution in [2.75, 3.05) is 5.75 Å². The van der Waals surface area contributed by atoms with E-state index in [1.165, 1.54) is 0 Å². The molecule has 0 bridgehead atoms. The molecular weight excluding hydrogens is 206 g/mol. The molecule has 1 aromatic carbocycles. The molecule has 0 saturated heterocycles. The fraction of sp³-hybridized carbons (Fsp3) is 0.417. The van der Waals surface area contributed by atoms with E-state index in [-0.39, 0.29) is 0 Å². The van der Waals surface area contributed by atoms with Crippen LogP contribution in [0, 0.1) is 11.3 Å². The summed E-state index contributed by atoms with van der Waals surface area (Å²) in [5, 5.41) is 17.8. The highest BCUT2D eigenvalue weighted by atomic mass is 32.2. The molecule has 0 amide bonds. The molecule has 0 radical (unpaired) electrons. The van der Waals surface area contributed by atoms with Crippen LogP contribution in [0.1, 0.15) is 31.4 Å². The van der Waals surface area contributed by atoms with E-state index in [1.807, 2.05) is 24.3 Å². The summed E-state index contributed by atoms with van der Waals surface area (Å²) in [6.45, 7) is 1.76. The Morgan fingerprint density at radius 3 is 3.00 bits per heavy atom. The van der Waals surface area contributed by atoms with Gasteiger partial charge < -0.3 is 5.11 Å². The Bertz CT molecular complexity index is 344. The molecule has 1 rings (SSSR count). The van der Waals surface area contributed by atoms with E-state index in [2.05, 4.69) is 6.07 Å². The Morgan fingerprint density at radius 2 is 2.33 bits per heavy atom. The van der Waals surface area contributed by atoms with Crippen molar-refractivity contribution in [3.63, 3.8) is 0 Å². The molecule has 2 nitrogen and oxygen atoms in total. The predicted octanol–water partition coefficient (Wildman–Crippen LogP) is 3.14. The first kappa shape index (κ1) is 12.1. The first-order chi connectivity index (χ1) is 7.24. The van der Waals surface area contributed by atoms with E-state index in [9.17, 15) is 5.11 Å². The third kappa shape index (κ3) is 4.37. The van der Waals surface area contributed by atoms with Gasteiger partial charge in [-0.25, -0.2) is 0 Å². The largest absolute Gasteiger partial charge is 0.389 e. The van der Waals surface area contributed by atoms with Crippen LogP contribution in [0.5, 0.6) is 0 Å². The number of rotatable bonds is 5. The SMILES string of the molecule is CC(O)c1cccc(SCCCC#N)c1. The minimum Gasteiger partial charge on any atom is -0.389 e. The van der Waals surface area contributed by atoms with Gasteiger partial charge in [-0.3, -0.25) is 0 Å². The molecule has 80 valence electrons. The number of thioether (sulfide) groups is 1. The fourth-order valence-electron chi connectivity index (χ4n) is 1.21. The van der Waals surface area contributed by atoms with Crippen molar-refractivity contribution in [2.24, 2.45) is 0 Å². The number of aliphatic hydroxyl groups excluding tert-OH is 1. The maximum Gasteiger partial charge on any atom is 0.0762 e. The molecule has 0 aliphatic heterocycles. The smallest absolute Gasteiger partial charge is 0.0762 e. The van der Waals surface area contributed by atoms with Crippen LogP contribution >= 0.6 is 11.8 Å². The van der Waals surface area contributed by atoms with E-state index in [0.29, 0.717) is 6.42 Å². The highest BCUT2D eigenvalue weighted by Gasteiger charge is 2.01. The predicted molar refractivity (Wildman–Crippen MR) is 62.6 cm³/mol. The van der Waals surface area contributed by atoms with Gasteiger partial charge in [-0.05, 0) is 36.8 Å². The van der Waals surface area contributed by atoms with Crippen molar-refractivity contribution in [3.8, 4) is 6.07 Å². The second kappa shape index (κ2) is 6.49. The third-order valence-corrected chi connectivity index (χ3v) is 3.12. The molecule has 0 aliphatic carbocycles. The van der Waals surface area contributed by atoms with Crippen LogP contribution in [0.2, 0.25) is 0 Å². The quantitative estimate of drug-likeness (QED) is 0.613. The van der Waals surface area contributed by atoms with Crippen LogP contribution in [-0.2, 0) is 0 Å². The van der Waals surface area contributed by atoms with Crippen LogP contribution in [0.4, 0.5) is 0 Å². The van der Waals surface area contributed by atoms with Crippen molar-refractivity contribution >= 4 is 11.8 Å². The van der Waals surface area contributed by atoms with E-state index >= 15 is 0 Å². The fourth-order valence-corrected chi connectivity index (χ4v) is 2.12. The summed E-state index contributed by atoms with van der Waals surface area (Å²) in [5.41, 5.74) is 0.945. The summed E-state index contributed by atoms with van der Waals surface area (Å²) in [4.78, 5) is 1.16. The lowest BCUT2D eigenvalue weighted by Crippen LogP contribution is -1.90. The lowest BCUT2D eigenvalue weighted by molar-refractivity contribution is 0.199. The zero-order valence-electron chi connectivity index (χ0n) is 8.81. The van der Waals surface area contributed by atoms with Gasteiger partial charge in [0.25, 0.3) is 0 Å². The van der Waals surface area contributed by atoms with Gasteiger partial charge in [-0.2, -0.15) is 5.26 Å². The summed E-state index contributed by atoms with van der Waals surface area (Å²) in [5.74, 6) is 0.955. The van der Waals surface area contributed by atoms with Gasteiger partial charge in [-0.1, -0.05) is 12.1 Å². The number of hydrogen-bond acceptors (Lipinski definition) is 3. The highest BCUT2D eigenvalue weighted by Crippen LogP contribution is 2.23. The zero-order valence-corrected chi connectivity index (χ0v) is 9.63. The minimum atomic E-state index is -0.412. The highest BCUT2D eigenvalue weighted by molar-refractivity contribution is 7.99. The average molecular weight is 221 g/mol. The lowest BCUT2D eigenvalue weighted by Gasteiger charge is -2.06. The van der Waals surface area contributed by atoms with Crippen molar-refractivity contribution in [1.82, 2.24) is 0 Å². The molecule has 0 fully saturated rings. The molecule has 1 aromatic rings. The second-order valence-corrected chi connectivity index (χ2v) is 4.53. The number of unbranched alkanes of at least 4 members (excludes halogenated alkanes) is 1. The number of hydrogen-bond donors (Lipinski definition) is 1. The molecule has 0 aliphatic rings. The summed E-state index contributed by atoms with van der Waals surface area (Å²) in [6, 6.07) is 10.0. The van der Waals surface area contributed by atoms with Gasteiger partial charge in [0, 0.05) is 11.3 Å². The van der Waals surface area contributed by atoms with Crippen molar-refractivity contribution < 1.29 is 5.11 Å². The molecule has 0 heterocycles. The van der Waals surface area contributed by atoms with Crippen molar-refractivity contribution in [2.45, 2.75) is 30.8 Å². The van der Waals surface area contributed by atoms with Gasteiger partial charge in [0.05, 0.1) is 12.2 Å². The Kier molecular flexibility index (Phi) is 5.23. The molecular formula is C12H15NOS. The molecule has 0 aromatic heterocycles. The third-order valence-electron chi connectivity index (χ3n) is 2.04. The van der Waals surface area contributed by atoms with Gasteiger partial charge in [-0.15, -0.1) is 11.8 Å². The molecule has 15 heavy (non-hydrogen) atoms. The van der Waals surface area contributed by atoms with Gasteiger partial charge in [0.1, 0.15) is 0 Å². The average Bonchev–Trinajstić information content (AvgIpc) is 2.25. The van der Waals surface area contributed by atoms with E-state index in [0.717, 1.165) is 22.6 Å². The Hall–Kier alpha value is -0.980. The Balaban J connectivity index is 2.48. The minimum absolute atomic E-state index is 0.412. The standard InChI is InChI=1S/C12H15NOS/c1-10(14)11-5-4-6-12(9-11)15-8-3-2-7-13/h4-6,9-10,14H,2-3,8H2,1H3. The van der Waals surface area contributed by atoms with E-state index < -0.39 is 6.10 Å². The lowest BCUT2D eigenvalue weighted by atomic mass is 10.1. The summed E-state index contributed by atoms with van der Waals surface area (Å²) >= 11 is 1.73. The van der Waals surface area contributed by atoms with Gasteiger partial charge in [0.15, 0.2) is 0 Å². The van der Waals surface area contributed by atoms with E-state index in [1.54, 1.807) is 18.7 Å². The van der Waals surface area contributed by atoms with E-state index in [4.69, 9.17) is 5.26 Å². The molecule has 1 atom stereocenters.